The van der Waals surface area contributed by atoms with Crippen LogP contribution in [0.4, 0.5) is 0 Å². The molecular weight excluding hydrogens is 485 g/mol. The highest BCUT2D eigenvalue weighted by Gasteiger charge is 2.46. The van der Waals surface area contributed by atoms with E-state index in [9.17, 15) is 9.90 Å². The van der Waals surface area contributed by atoms with Gasteiger partial charge in [0, 0.05) is 18.9 Å². The van der Waals surface area contributed by atoms with Crippen LogP contribution in [0.15, 0.2) is 48.5 Å². The Morgan fingerprint density at radius 3 is 2.41 bits per heavy atom. The molecule has 0 saturated carbocycles. The van der Waals surface area contributed by atoms with Crippen LogP contribution >= 0.6 is 0 Å². The highest BCUT2D eigenvalue weighted by atomic mass is 28.4. The first-order chi connectivity index (χ1) is 17.3. The van der Waals surface area contributed by atoms with Crippen molar-refractivity contribution in [1.29, 1.82) is 0 Å². The number of phenols is 1. The van der Waals surface area contributed by atoms with Gasteiger partial charge >= 0.3 is 0 Å². The average Bonchev–Trinajstić information content (AvgIpc) is 2.80. The van der Waals surface area contributed by atoms with Gasteiger partial charge in [0.05, 0.1) is 30.3 Å². The van der Waals surface area contributed by atoms with Gasteiger partial charge in [-0.25, -0.2) is 0 Å². The Balaban J connectivity index is 1.66. The van der Waals surface area contributed by atoms with E-state index < -0.39 is 13.9 Å². The zero-order chi connectivity index (χ0) is 27.0. The molecule has 6 nitrogen and oxygen atoms in total. The monoisotopic (exact) mass is 523 g/mol. The molecule has 0 bridgehead atoms. The van der Waals surface area contributed by atoms with Crippen LogP contribution in [-0.2, 0) is 22.2 Å². The average molecular weight is 524 g/mol. The number of hydrogen-bond acceptors (Lipinski definition) is 6. The van der Waals surface area contributed by atoms with Crippen molar-refractivity contribution < 1.29 is 28.5 Å². The molecule has 0 unspecified atom stereocenters. The number of Topliss-reactive ketones (excluding diaryl/α,β-unsaturated/α-hetero) is 1. The van der Waals surface area contributed by atoms with Crippen LogP contribution < -0.4 is 9.47 Å². The van der Waals surface area contributed by atoms with Gasteiger partial charge in [-0.05, 0) is 53.7 Å². The van der Waals surface area contributed by atoms with Gasteiger partial charge < -0.3 is 23.7 Å². The third kappa shape index (κ3) is 5.69. The van der Waals surface area contributed by atoms with Crippen LogP contribution in [0.5, 0.6) is 17.2 Å². The number of methoxy groups -OCH3 is 1. The third-order valence-electron chi connectivity index (χ3n) is 7.56. The number of phenolic OH excluding ortho intramolecular Hbond substituents is 1. The van der Waals surface area contributed by atoms with E-state index in [4.69, 9.17) is 18.6 Å². The van der Waals surface area contributed by atoms with Crippen molar-refractivity contribution in [1.82, 2.24) is 0 Å². The minimum atomic E-state index is -2.12. The Hall–Kier alpha value is -2.87. The summed E-state index contributed by atoms with van der Waals surface area (Å²) in [6, 6.07) is 15.3. The third-order valence-corrected chi connectivity index (χ3v) is 12.2. The molecule has 3 aromatic carbocycles. The molecule has 0 saturated heterocycles. The number of aromatic hydroxyl groups is 1. The van der Waals surface area contributed by atoms with Gasteiger partial charge in [-0.3, -0.25) is 4.79 Å². The van der Waals surface area contributed by atoms with Crippen LogP contribution in [0, 0.1) is 0 Å². The molecule has 198 valence electrons. The highest BCUT2D eigenvalue weighted by molar-refractivity contribution is 6.74. The summed E-state index contributed by atoms with van der Waals surface area (Å²) in [7, 11) is -0.532. The second-order valence-corrected chi connectivity index (χ2v) is 16.4. The number of rotatable bonds is 8. The van der Waals surface area contributed by atoms with Gasteiger partial charge in [0.1, 0.15) is 17.2 Å². The molecule has 1 aliphatic rings. The molecule has 3 aromatic rings. The topological polar surface area (TPSA) is 74.2 Å². The summed E-state index contributed by atoms with van der Waals surface area (Å²) < 4.78 is 23.9. The van der Waals surface area contributed by atoms with E-state index in [2.05, 4.69) is 33.9 Å². The summed E-state index contributed by atoms with van der Waals surface area (Å²) in [5, 5.41) is 12.6. The lowest BCUT2D eigenvalue weighted by Gasteiger charge is -2.45. The first kappa shape index (κ1) is 27.2. The second kappa shape index (κ2) is 10.1. The summed E-state index contributed by atoms with van der Waals surface area (Å²) in [4.78, 5) is 13.4. The van der Waals surface area contributed by atoms with Crippen molar-refractivity contribution in [3.8, 4) is 17.2 Å². The first-order valence-corrected chi connectivity index (χ1v) is 15.6. The molecule has 0 aromatic heterocycles. The smallest absolute Gasteiger partial charge is 0.192 e. The molecule has 1 N–H and O–H groups in total. The van der Waals surface area contributed by atoms with Crippen LogP contribution in [0.1, 0.15) is 55.6 Å². The number of carbonyl (C=O) groups excluding carboxylic acids is 1. The van der Waals surface area contributed by atoms with E-state index in [-0.39, 0.29) is 29.8 Å². The van der Waals surface area contributed by atoms with E-state index in [1.54, 1.807) is 13.2 Å². The van der Waals surface area contributed by atoms with Crippen LogP contribution in [0.2, 0.25) is 18.1 Å². The SMILES string of the molecule is CC(C)(C)[Si](C)(C)O[C@]1(C)CC(=O)c2c(cc3cc(O[13CH3])cc(OCOCc4ccccc4)c3c2O)C1. The molecule has 7 heteroatoms. The van der Waals surface area contributed by atoms with E-state index in [0.717, 1.165) is 16.5 Å². The molecule has 0 fully saturated rings. The maximum absolute atomic E-state index is 13.4. The Morgan fingerprint density at radius 1 is 1.05 bits per heavy atom. The quantitative estimate of drug-likeness (QED) is 0.148. The molecule has 37 heavy (non-hydrogen) atoms. The van der Waals surface area contributed by atoms with Gasteiger partial charge in [0.25, 0.3) is 0 Å². The fourth-order valence-corrected chi connectivity index (χ4v) is 6.45. The number of hydrogen-bond donors (Lipinski definition) is 1. The molecule has 0 radical (unpaired) electrons. The predicted octanol–water partition coefficient (Wildman–Crippen LogP) is 7.02. The Morgan fingerprint density at radius 2 is 1.76 bits per heavy atom. The predicted molar refractivity (Wildman–Crippen MR) is 148 cm³/mol. The highest BCUT2D eigenvalue weighted by Crippen LogP contribution is 2.47. The number of ketones is 1. The van der Waals surface area contributed by atoms with Gasteiger partial charge in [0.2, 0.25) is 0 Å². The lowest BCUT2D eigenvalue weighted by molar-refractivity contribution is 0.00576. The van der Waals surface area contributed by atoms with Gasteiger partial charge in [-0.2, -0.15) is 0 Å². The molecule has 0 amide bonds. The molecule has 1 aliphatic carbocycles. The normalized spacial score (nSPS) is 18.1. The number of ether oxygens (including phenoxy) is 3. The largest absolute Gasteiger partial charge is 0.506 e. The van der Waals surface area contributed by atoms with E-state index in [1.807, 2.05) is 49.4 Å². The van der Waals surface area contributed by atoms with Gasteiger partial charge in [0.15, 0.2) is 20.9 Å². The van der Waals surface area contributed by atoms with Crippen LogP contribution in [0.3, 0.4) is 0 Å². The summed E-state index contributed by atoms with van der Waals surface area (Å²) in [6.07, 6.45) is 0.760. The molecule has 1 atom stereocenters. The van der Waals surface area contributed by atoms with Gasteiger partial charge in [-0.1, -0.05) is 51.1 Å². The van der Waals surface area contributed by atoms with E-state index in [1.165, 1.54) is 0 Å². The summed E-state index contributed by atoms with van der Waals surface area (Å²) in [6.45, 7) is 13.4. The maximum Gasteiger partial charge on any atom is 0.192 e. The fraction of sp³-hybridized carbons (Fsp3) is 0.433. The zero-order valence-electron chi connectivity index (χ0n) is 22.9. The molecule has 0 spiro atoms. The summed E-state index contributed by atoms with van der Waals surface area (Å²) in [5.41, 5.74) is 1.54. The first-order valence-electron chi connectivity index (χ1n) is 12.7. The standard InChI is InChI=1S/C30H38O6Si/c1-29(2,3)37(6,7)36-30(4)16-22-13-21-14-23(33-5)15-25(27(21)28(32)26(22)24(31)17-30)35-19-34-18-20-11-9-8-10-12-20/h8-15,32H,16-19H2,1-7H3/t30-/m0/s1/i5+1. The number of benzene rings is 3. The fourth-order valence-electron chi connectivity index (χ4n) is 4.77. The Bertz CT molecular complexity index is 1300. The lowest BCUT2D eigenvalue weighted by Crippen LogP contribution is -2.51. The Labute approximate surface area is 220 Å². The van der Waals surface area contributed by atoms with Crippen molar-refractivity contribution in [3.05, 3.63) is 65.2 Å². The van der Waals surface area contributed by atoms with Crippen molar-refractivity contribution in [2.45, 2.75) is 70.9 Å². The van der Waals surface area contributed by atoms with E-state index in [0.29, 0.717) is 35.5 Å². The van der Waals surface area contributed by atoms with Crippen molar-refractivity contribution in [2.75, 3.05) is 13.9 Å². The van der Waals surface area contributed by atoms with Gasteiger partial charge in [-0.15, -0.1) is 0 Å². The molecule has 0 aliphatic heterocycles. The van der Waals surface area contributed by atoms with Crippen LogP contribution in [-0.4, -0.2) is 38.7 Å². The van der Waals surface area contributed by atoms with E-state index >= 15 is 0 Å². The number of carbonyl (C=O) groups is 1. The van der Waals surface area contributed by atoms with Crippen molar-refractivity contribution >= 4 is 24.9 Å². The van der Waals surface area contributed by atoms with Crippen molar-refractivity contribution in [3.63, 3.8) is 0 Å². The molecular formula is C30H38O6Si. The summed E-state index contributed by atoms with van der Waals surface area (Å²) >= 11 is 0. The minimum Gasteiger partial charge on any atom is -0.506 e. The Kier molecular flexibility index (Phi) is 7.43. The molecule has 4 rings (SSSR count). The zero-order valence-corrected chi connectivity index (χ0v) is 23.9. The van der Waals surface area contributed by atoms with Crippen molar-refractivity contribution in [2.24, 2.45) is 0 Å². The number of fused-ring (bicyclic) bond motifs is 2. The lowest BCUT2D eigenvalue weighted by atomic mass is 9.79. The maximum atomic E-state index is 13.4. The minimum absolute atomic E-state index is 0.0138. The van der Waals surface area contributed by atoms with Crippen LogP contribution in [0.25, 0.3) is 10.8 Å². The summed E-state index contributed by atoms with van der Waals surface area (Å²) in [5.74, 6) is 0.810. The molecule has 0 heterocycles. The second-order valence-electron chi connectivity index (χ2n) is 11.7.